The van der Waals surface area contributed by atoms with E-state index in [1.54, 1.807) is 27.7 Å². The van der Waals surface area contributed by atoms with Crippen LogP contribution in [-0.4, -0.2) is 39.8 Å². The number of carbonyl (C=O) groups is 2. The molecule has 0 bridgehead atoms. The van der Waals surface area contributed by atoms with Crippen LogP contribution in [0.25, 0.3) is 0 Å². The molecule has 0 saturated heterocycles. The summed E-state index contributed by atoms with van der Waals surface area (Å²) in [7, 11) is 0. The van der Waals surface area contributed by atoms with Gasteiger partial charge in [-0.25, -0.2) is 9.59 Å². The van der Waals surface area contributed by atoms with Gasteiger partial charge in [0.1, 0.15) is 11.1 Å². The molecule has 110 valence electrons. The van der Waals surface area contributed by atoms with Crippen LogP contribution < -0.4 is 0 Å². The van der Waals surface area contributed by atoms with Crippen LogP contribution in [0.1, 0.15) is 53.9 Å². The summed E-state index contributed by atoms with van der Waals surface area (Å²) < 4.78 is 5.35. The van der Waals surface area contributed by atoms with Gasteiger partial charge < -0.3 is 9.84 Å². The van der Waals surface area contributed by atoms with E-state index < -0.39 is 23.2 Å². The Morgan fingerprint density at radius 3 is 2.32 bits per heavy atom. The number of amides is 1. The smallest absolute Gasteiger partial charge is 0.411 e. The molecule has 1 rings (SSSR count). The molecule has 1 fully saturated rings. The largest absolute Gasteiger partial charge is 0.479 e. The Hall–Kier alpha value is -1.26. The van der Waals surface area contributed by atoms with E-state index in [1.807, 2.05) is 6.92 Å². The number of aliphatic carboxylic acids is 1. The lowest BCUT2D eigenvalue weighted by molar-refractivity contribution is -0.153. The standard InChI is InChI=1S/C14H25NO4/c1-6-15(12(18)19-13(3,4)5)14(11(16)17)9-7-8-10(14)2/h10H,6-9H2,1-5H3,(H,16,17). The molecule has 1 N–H and O–H groups in total. The van der Waals surface area contributed by atoms with Crippen molar-refractivity contribution in [3.8, 4) is 0 Å². The third-order valence-corrected chi connectivity index (χ3v) is 3.79. The maximum absolute atomic E-state index is 12.3. The van der Waals surface area contributed by atoms with E-state index in [9.17, 15) is 14.7 Å². The minimum absolute atomic E-state index is 0.0579. The van der Waals surface area contributed by atoms with Gasteiger partial charge in [-0.2, -0.15) is 0 Å². The lowest BCUT2D eigenvalue weighted by atomic mass is 9.86. The number of ether oxygens (including phenoxy) is 1. The number of nitrogens with zero attached hydrogens (tertiary/aromatic N) is 1. The second-order valence-corrected chi connectivity index (χ2v) is 6.25. The van der Waals surface area contributed by atoms with Crippen molar-refractivity contribution >= 4 is 12.1 Å². The molecule has 5 nitrogen and oxygen atoms in total. The molecule has 1 aliphatic rings. The summed E-state index contributed by atoms with van der Waals surface area (Å²) >= 11 is 0. The molecular weight excluding hydrogens is 246 g/mol. The van der Waals surface area contributed by atoms with Crippen LogP contribution in [0.15, 0.2) is 0 Å². The molecule has 0 aromatic carbocycles. The van der Waals surface area contributed by atoms with Gasteiger partial charge in [0.25, 0.3) is 0 Å². The molecule has 19 heavy (non-hydrogen) atoms. The summed E-state index contributed by atoms with van der Waals surface area (Å²) in [6.45, 7) is 9.37. The van der Waals surface area contributed by atoms with E-state index in [0.717, 1.165) is 12.8 Å². The summed E-state index contributed by atoms with van der Waals surface area (Å²) in [4.78, 5) is 25.4. The normalized spacial score (nSPS) is 27.1. The number of carbonyl (C=O) groups excluding carboxylic acids is 1. The van der Waals surface area contributed by atoms with Crippen molar-refractivity contribution in [3.05, 3.63) is 0 Å². The highest BCUT2D eigenvalue weighted by Gasteiger charge is 2.53. The fourth-order valence-electron chi connectivity index (χ4n) is 2.89. The number of carboxylic acid groups (broad SMARTS) is 1. The van der Waals surface area contributed by atoms with Crippen molar-refractivity contribution in [2.24, 2.45) is 5.92 Å². The first-order valence-electron chi connectivity index (χ1n) is 6.89. The molecule has 0 heterocycles. The second-order valence-electron chi connectivity index (χ2n) is 6.25. The Balaban J connectivity index is 3.05. The van der Waals surface area contributed by atoms with E-state index in [0.29, 0.717) is 13.0 Å². The van der Waals surface area contributed by atoms with Gasteiger partial charge in [-0.05, 0) is 46.5 Å². The minimum Gasteiger partial charge on any atom is -0.479 e. The Morgan fingerprint density at radius 2 is 2.00 bits per heavy atom. The maximum Gasteiger partial charge on any atom is 0.411 e. The number of likely N-dealkylation sites (N-methyl/N-ethyl adjacent to an activating group) is 1. The molecule has 0 aromatic rings. The van der Waals surface area contributed by atoms with Crippen LogP contribution in [-0.2, 0) is 9.53 Å². The van der Waals surface area contributed by atoms with Crippen LogP contribution in [0.2, 0.25) is 0 Å². The average molecular weight is 271 g/mol. The van der Waals surface area contributed by atoms with Crippen LogP contribution >= 0.6 is 0 Å². The SMILES string of the molecule is CCN(C(=O)OC(C)(C)C)C1(C(=O)O)CCCC1C. The van der Waals surface area contributed by atoms with Gasteiger partial charge >= 0.3 is 12.1 Å². The molecule has 0 spiro atoms. The van der Waals surface area contributed by atoms with E-state index in [1.165, 1.54) is 4.90 Å². The van der Waals surface area contributed by atoms with Crippen molar-refractivity contribution in [3.63, 3.8) is 0 Å². The Morgan fingerprint density at radius 1 is 1.42 bits per heavy atom. The highest BCUT2D eigenvalue weighted by atomic mass is 16.6. The van der Waals surface area contributed by atoms with E-state index >= 15 is 0 Å². The summed E-state index contributed by atoms with van der Waals surface area (Å²) in [5.74, 6) is -0.984. The van der Waals surface area contributed by atoms with Crippen molar-refractivity contribution in [2.75, 3.05) is 6.54 Å². The summed E-state index contributed by atoms with van der Waals surface area (Å²) in [6, 6.07) is 0. The lowest BCUT2D eigenvalue weighted by Crippen LogP contribution is -2.59. The fraction of sp³-hybridized carbons (Fsp3) is 0.857. The molecular formula is C14H25NO4. The summed E-state index contributed by atoms with van der Waals surface area (Å²) in [5, 5.41) is 9.63. The predicted octanol–water partition coefficient (Wildman–Crippen LogP) is 2.89. The van der Waals surface area contributed by atoms with Gasteiger partial charge in [0.2, 0.25) is 0 Å². The molecule has 5 heteroatoms. The van der Waals surface area contributed by atoms with E-state index in [2.05, 4.69) is 0 Å². The van der Waals surface area contributed by atoms with Crippen LogP contribution in [0.5, 0.6) is 0 Å². The Kier molecular flexibility index (Phi) is 4.48. The van der Waals surface area contributed by atoms with Gasteiger partial charge in [-0.3, -0.25) is 4.90 Å². The van der Waals surface area contributed by atoms with Crippen molar-refractivity contribution in [1.29, 1.82) is 0 Å². The van der Waals surface area contributed by atoms with Crippen LogP contribution in [0.3, 0.4) is 0 Å². The zero-order valence-electron chi connectivity index (χ0n) is 12.5. The van der Waals surface area contributed by atoms with Crippen LogP contribution in [0.4, 0.5) is 4.79 Å². The average Bonchev–Trinajstić information content (AvgIpc) is 2.60. The van der Waals surface area contributed by atoms with Crippen molar-refractivity contribution in [2.45, 2.75) is 65.0 Å². The molecule has 0 radical (unpaired) electrons. The number of hydrogen-bond acceptors (Lipinski definition) is 3. The monoisotopic (exact) mass is 271 g/mol. The first-order valence-corrected chi connectivity index (χ1v) is 6.89. The Labute approximate surface area is 114 Å². The third kappa shape index (κ3) is 3.01. The molecule has 1 amide bonds. The highest BCUT2D eigenvalue weighted by molar-refractivity contribution is 5.85. The van der Waals surface area contributed by atoms with Gasteiger partial charge in [-0.1, -0.05) is 13.3 Å². The molecule has 2 unspecified atom stereocenters. The van der Waals surface area contributed by atoms with Gasteiger partial charge in [-0.15, -0.1) is 0 Å². The first-order chi connectivity index (χ1) is 8.65. The molecule has 2 atom stereocenters. The quantitative estimate of drug-likeness (QED) is 0.857. The summed E-state index contributed by atoms with van der Waals surface area (Å²) in [6.07, 6.45) is 1.61. The lowest BCUT2D eigenvalue weighted by Gasteiger charge is -2.40. The molecule has 1 aliphatic carbocycles. The molecule has 0 aliphatic heterocycles. The molecule has 1 saturated carbocycles. The maximum atomic E-state index is 12.3. The van der Waals surface area contributed by atoms with Gasteiger partial charge in [0.15, 0.2) is 0 Å². The fourth-order valence-corrected chi connectivity index (χ4v) is 2.89. The Bertz CT molecular complexity index is 361. The third-order valence-electron chi connectivity index (χ3n) is 3.79. The van der Waals surface area contributed by atoms with Crippen molar-refractivity contribution < 1.29 is 19.4 Å². The van der Waals surface area contributed by atoms with Crippen LogP contribution in [0, 0.1) is 5.92 Å². The zero-order chi connectivity index (χ0) is 14.8. The second kappa shape index (κ2) is 5.39. The topological polar surface area (TPSA) is 66.8 Å². The number of rotatable bonds is 3. The van der Waals surface area contributed by atoms with Crippen molar-refractivity contribution in [1.82, 2.24) is 4.90 Å². The molecule has 0 aromatic heterocycles. The van der Waals surface area contributed by atoms with E-state index in [4.69, 9.17) is 4.74 Å². The zero-order valence-corrected chi connectivity index (χ0v) is 12.5. The van der Waals surface area contributed by atoms with Gasteiger partial charge in [0, 0.05) is 6.54 Å². The van der Waals surface area contributed by atoms with E-state index in [-0.39, 0.29) is 5.92 Å². The highest BCUT2D eigenvalue weighted by Crippen LogP contribution is 2.41. The first kappa shape index (κ1) is 15.8. The predicted molar refractivity (Wildman–Crippen MR) is 72.0 cm³/mol. The summed E-state index contributed by atoms with van der Waals surface area (Å²) in [5.41, 5.74) is -1.73. The number of carboxylic acids is 1. The minimum atomic E-state index is -1.11. The number of hydrogen-bond donors (Lipinski definition) is 1. The van der Waals surface area contributed by atoms with Gasteiger partial charge in [0.05, 0.1) is 0 Å².